The fourth-order valence-electron chi connectivity index (χ4n) is 1.70. The predicted octanol–water partition coefficient (Wildman–Crippen LogP) is 3.91. The van der Waals surface area contributed by atoms with Crippen LogP contribution in [0, 0.1) is 5.92 Å². The Kier molecular flexibility index (Phi) is 5.01. The van der Waals surface area contributed by atoms with Gasteiger partial charge in [0.2, 0.25) is 5.91 Å². The van der Waals surface area contributed by atoms with Gasteiger partial charge < -0.3 is 4.90 Å². The third-order valence-electron chi connectivity index (χ3n) is 2.89. The molecular formula is C14H20ClNO. The highest BCUT2D eigenvalue weighted by atomic mass is 35.5. The van der Waals surface area contributed by atoms with E-state index in [4.69, 9.17) is 11.6 Å². The van der Waals surface area contributed by atoms with Gasteiger partial charge in [-0.25, -0.2) is 0 Å². The summed E-state index contributed by atoms with van der Waals surface area (Å²) in [5, 5.41) is 0.707. The van der Waals surface area contributed by atoms with Crippen LogP contribution in [0.15, 0.2) is 24.3 Å². The minimum Gasteiger partial charge on any atom is -0.339 e. The van der Waals surface area contributed by atoms with Gasteiger partial charge in [0.25, 0.3) is 0 Å². The van der Waals surface area contributed by atoms with E-state index in [0.717, 1.165) is 5.56 Å². The second-order valence-electron chi connectivity index (χ2n) is 4.83. The standard InChI is InChI=1S/C14H20ClNO/c1-10(2)8-14(17)16(4)11(3)12-6-5-7-13(15)9-12/h5-7,9-11H,8H2,1-4H3. The van der Waals surface area contributed by atoms with Crippen molar-refractivity contribution >= 4 is 17.5 Å². The van der Waals surface area contributed by atoms with Gasteiger partial charge in [0.05, 0.1) is 6.04 Å². The molecule has 1 atom stereocenters. The number of benzene rings is 1. The lowest BCUT2D eigenvalue weighted by molar-refractivity contribution is -0.132. The number of halogens is 1. The van der Waals surface area contributed by atoms with Crippen molar-refractivity contribution < 1.29 is 4.79 Å². The van der Waals surface area contributed by atoms with Gasteiger partial charge in [0, 0.05) is 18.5 Å². The fraction of sp³-hybridized carbons (Fsp3) is 0.500. The first-order valence-electron chi connectivity index (χ1n) is 5.93. The Bertz CT molecular complexity index is 390. The molecule has 0 saturated carbocycles. The molecule has 0 radical (unpaired) electrons. The van der Waals surface area contributed by atoms with Gasteiger partial charge in [-0.05, 0) is 30.5 Å². The number of carbonyl (C=O) groups excluding carboxylic acids is 1. The Morgan fingerprint density at radius 1 is 1.35 bits per heavy atom. The second-order valence-corrected chi connectivity index (χ2v) is 5.27. The lowest BCUT2D eigenvalue weighted by Gasteiger charge is -2.26. The van der Waals surface area contributed by atoms with Crippen LogP contribution < -0.4 is 0 Å². The highest BCUT2D eigenvalue weighted by Gasteiger charge is 2.18. The number of hydrogen-bond donors (Lipinski definition) is 0. The zero-order chi connectivity index (χ0) is 13.0. The quantitative estimate of drug-likeness (QED) is 0.797. The van der Waals surface area contributed by atoms with E-state index in [1.165, 1.54) is 0 Å². The predicted molar refractivity (Wildman–Crippen MR) is 72.1 cm³/mol. The first-order valence-corrected chi connectivity index (χ1v) is 6.30. The van der Waals surface area contributed by atoms with E-state index in [-0.39, 0.29) is 11.9 Å². The summed E-state index contributed by atoms with van der Waals surface area (Å²) in [5.41, 5.74) is 1.07. The second kappa shape index (κ2) is 6.06. The summed E-state index contributed by atoms with van der Waals surface area (Å²) in [6.45, 7) is 6.12. The first kappa shape index (κ1) is 14.0. The van der Waals surface area contributed by atoms with E-state index in [0.29, 0.717) is 17.4 Å². The van der Waals surface area contributed by atoms with Gasteiger partial charge in [-0.1, -0.05) is 37.6 Å². The zero-order valence-corrected chi connectivity index (χ0v) is 11.7. The van der Waals surface area contributed by atoms with E-state index in [9.17, 15) is 4.79 Å². The lowest BCUT2D eigenvalue weighted by Crippen LogP contribution is -2.30. The normalized spacial score (nSPS) is 12.6. The summed E-state index contributed by atoms with van der Waals surface area (Å²) in [6, 6.07) is 7.71. The van der Waals surface area contributed by atoms with Crippen molar-refractivity contribution in [3.05, 3.63) is 34.9 Å². The average Bonchev–Trinajstić information content (AvgIpc) is 2.26. The highest BCUT2D eigenvalue weighted by molar-refractivity contribution is 6.30. The minimum atomic E-state index is 0.0555. The lowest BCUT2D eigenvalue weighted by atomic mass is 10.1. The molecule has 1 amide bonds. The third-order valence-corrected chi connectivity index (χ3v) is 3.12. The Labute approximate surface area is 109 Å². The number of rotatable bonds is 4. The van der Waals surface area contributed by atoms with Crippen molar-refractivity contribution in [3.8, 4) is 0 Å². The van der Waals surface area contributed by atoms with Gasteiger partial charge in [-0.2, -0.15) is 0 Å². The summed E-state index contributed by atoms with van der Waals surface area (Å²) < 4.78 is 0. The van der Waals surface area contributed by atoms with Gasteiger partial charge in [-0.3, -0.25) is 4.79 Å². The molecule has 3 heteroatoms. The fourth-order valence-corrected chi connectivity index (χ4v) is 1.90. The molecule has 0 bridgehead atoms. The molecule has 2 nitrogen and oxygen atoms in total. The van der Waals surface area contributed by atoms with Gasteiger partial charge >= 0.3 is 0 Å². The van der Waals surface area contributed by atoms with E-state index in [1.54, 1.807) is 4.90 Å². The highest BCUT2D eigenvalue weighted by Crippen LogP contribution is 2.22. The Morgan fingerprint density at radius 2 is 2.00 bits per heavy atom. The maximum atomic E-state index is 11.9. The zero-order valence-electron chi connectivity index (χ0n) is 10.9. The van der Waals surface area contributed by atoms with Crippen LogP contribution >= 0.6 is 11.6 Å². The Hall–Kier alpha value is -1.02. The maximum absolute atomic E-state index is 11.9. The molecule has 0 aliphatic carbocycles. The van der Waals surface area contributed by atoms with E-state index < -0.39 is 0 Å². The molecule has 1 unspecified atom stereocenters. The maximum Gasteiger partial charge on any atom is 0.223 e. The van der Waals surface area contributed by atoms with Crippen LogP contribution in [0.25, 0.3) is 0 Å². The van der Waals surface area contributed by atoms with Crippen molar-refractivity contribution in [2.24, 2.45) is 5.92 Å². The summed E-state index contributed by atoms with van der Waals surface area (Å²) in [7, 11) is 1.84. The van der Waals surface area contributed by atoms with Crippen molar-refractivity contribution in [2.45, 2.75) is 33.2 Å². The topological polar surface area (TPSA) is 20.3 Å². The summed E-state index contributed by atoms with van der Waals surface area (Å²) in [4.78, 5) is 13.7. The summed E-state index contributed by atoms with van der Waals surface area (Å²) >= 11 is 5.95. The molecule has 0 fully saturated rings. The summed E-state index contributed by atoms with van der Waals surface area (Å²) in [5.74, 6) is 0.559. The molecule has 1 rings (SSSR count). The van der Waals surface area contributed by atoms with Crippen molar-refractivity contribution in [3.63, 3.8) is 0 Å². The third kappa shape index (κ3) is 4.04. The molecule has 0 saturated heterocycles. The van der Waals surface area contributed by atoms with Crippen molar-refractivity contribution in [2.75, 3.05) is 7.05 Å². The van der Waals surface area contributed by atoms with Crippen LogP contribution in [-0.4, -0.2) is 17.9 Å². The first-order chi connectivity index (χ1) is 7.91. The number of amides is 1. The molecule has 0 aliphatic heterocycles. The van der Waals surface area contributed by atoms with E-state index in [1.807, 2.05) is 38.2 Å². The van der Waals surface area contributed by atoms with Crippen molar-refractivity contribution in [1.82, 2.24) is 4.90 Å². The average molecular weight is 254 g/mol. The number of nitrogens with zero attached hydrogens (tertiary/aromatic N) is 1. The van der Waals surface area contributed by atoms with Crippen LogP contribution in [-0.2, 0) is 4.79 Å². The van der Waals surface area contributed by atoms with Crippen LogP contribution in [0.3, 0.4) is 0 Å². The SMILES string of the molecule is CC(C)CC(=O)N(C)C(C)c1cccc(Cl)c1. The van der Waals surface area contributed by atoms with Crippen molar-refractivity contribution in [1.29, 1.82) is 0 Å². The van der Waals surface area contributed by atoms with Gasteiger partial charge in [-0.15, -0.1) is 0 Å². The monoisotopic (exact) mass is 253 g/mol. The Morgan fingerprint density at radius 3 is 2.53 bits per heavy atom. The largest absolute Gasteiger partial charge is 0.339 e. The molecule has 0 spiro atoms. The minimum absolute atomic E-state index is 0.0555. The smallest absolute Gasteiger partial charge is 0.223 e. The molecule has 0 aliphatic rings. The molecule has 17 heavy (non-hydrogen) atoms. The Balaban J connectivity index is 2.75. The number of carbonyl (C=O) groups is 1. The molecule has 0 N–H and O–H groups in total. The molecule has 0 heterocycles. The van der Waals surface area contributed by atoms with Crippen LogP contribution in [0.1, 0.15) is 38.8 Å². The van der Waals surface area contributed by atoms with Crippen LogP contribution in [0.2, 0.25) is 5.02 Å². The van der Waals surface area contributed by atoms with E-state index in [2.05, 4.69) is 13.8 Å². The molecule has 94 valence electrons. The molecule has 0 aromatic heterocycles. The number of hydrogen-bond acceptors (Lipinski definition) is 1. The molecule has 1 aromatic rings. The molecular weight excluding hydrogens is 234 g/mol. The van der Waals surface area contributed by atoms with Crippen LogP contribution in [0.4, 0.5) is 0 Å². The van der Waals surface area contributed by atoms with Crippen LogP contribution in [0.5, 0.6) is 0 Å². The van der Waals surface area contributed by atoms with E-state index >= 15 is 0 Å². The molecule has 1 aromatic carbocycles. The van der Waals surface area contributed by atoms with Gasteiger partial charge in [0.15, 0.2) is 0 Å². The summed E-state index contributed by atoms with van der Waals surface area (Å²) in [6.07, 6.45) is 0.585. The van der Waals surface area contributed by atoms with Gasteiger partial charge in [0.1, 0.15) is 0 Å².